The van der Waals surface area contributed by atoms with Crippen molar-refractivity contribution >= 4 is 23.3 Å². The Morgan fingerprint density at radius 1 is 1.52 bits per heavy atom. The number of amides is 1. The van der Waals surface area contributed by atoms with Crippen LogP contribution in [0, 0.1) is 0 Å². The van der Waals surface area contributed by atoms with Crippen molar-refractivity contribution < 1.29 is 18.8 Å². The topological polar surface area (TPSA) is 86.5 Å². The summed E-state index contributed by atoms with van der Waals surface area (Å²) in [4.78, 5) is 16.0. The predicted octanol–water partition coefficient (Wildman–Crippen LogP) is 2.14. The number of halogens is 1. The molecule has 110 valence electrons. The van der Waals surface area contributed by atoms with Gasteiger partial charge in [-0.1, -0.05) is 16.8 Å². The van der Waals surface area contributed by atoms with Crippen molar-refractivity contribution in [1.82, 2.24) is 10.1 Å². The van der Waals surface area contributed by atoms with E-state index in [0.717, 1.165) is 6.42 Å². The fraction of sp³-hybridized carbons (Fsp3) is 0.308. The van der Waals surface area contributed by atoms with Crippen molar-refractivity contribution in [2.24, 2.45) is 0 Å². The van der Waals surface area contributed by atoms with E-state index in [0.29, 0.717) is 30.5 Å². The second kappa shape index (κ2) is 6.11. The lowest BCUT2D eigenvalue weighted by Gasteiger charge is -2.12. The van der Waals surface area contributed by atoms with Crippen LogP contribution in [0.2, 0.25) is 5.02 Å². The molecule has 0 radical (unpaired) electrons. The largest absolute Gasteiger partial charge is 0.471 e. The molecule has 2 aromatic rings. The lowest BCUT2D eigenvalue weighted by atomic mass is 10.2. The summed E-state index contributed by atoms with van der Waals surface area (Å²) in [6.45, 7) is 1.19. The molecule has 21 heavy (non-hydrogen) atoms. The smallest absolute Gasteiger partial charge is 0.258 e. The van der Waals surface area contributed by atoms with Crippen molar-refractivity contribution in [1.29, 1.82) is 0 Å². The number of hydrogen-bond donors (Lipinski definition) is 1. The second-order valence-electron chi connectivity index (χ2n) is 4.45. The van der Waals surface area contributed by atoms with Crippen LogP contribution in [0.5, 0.6) is 5.88 Å². The quantitative estimate of drug-likeness (QED) is 0.931. The van der Waals surface area contributed by atoms with E-state index in [-0.39, 0.29) is 17.0 Å². The number of carbonyl (C=O) groups is 1. The first-order valence-electron chi connectivity index (χ1n) is 6.34. The summed E-state index contributed by atoms with van der Waals surface area (Å²) < 4.78 is 15.5. The molecular formula is C13H12ClN3O4. The SMILES string of the molecule is O=C(Nc1ccon1)c1cnc(OC2CCOC2)c(Cl)c1. The third kappa shape index (κ3) is 3.32. The first kappa shape index (κ1) is 13.8. The van der Waals surface area contributed by atoms with Crippen LogP contribution >= 0.6 is 11.6 Å². The summed E-state index contributed by atoms with van der Waals surface area (Å²) in [7, 11) is 0. The van der Waals surface area contributed by atoms with Crippen LogP contribution in [0.15, 0.2) is 29.1 Å². The van der Waals surface area contributed by atoms with Crippen LogP contribution in [-0.2, 0) is 4.74 Å². The van der Waals surface area contributed by atoms with E-state index in [1.54, 1.807) is 0 Å². The lowest BCUT2D eigenvalue weighted by Crippen LogP contribution is -2.17. The lowest BCUT2D eigenvalue weighted by molar-refractivity contribution is 0.102. The maximum Gasteiger partial charge on any atom is 0.258 e. The van der Waals surface area contributed by atoms with Crippen LogP contribution in [0.3, 0.4) is 0 Å². The fourth-order valence-corrected chi connectivity index (χ4v) is 2.08. The molecule has 1 aliphatic rings. The predicted molar refractivity (Wildman–Crippen MR) is 73.6 cm³/mol. The molecule has 1 N–H and O–H groups in total. The molecule has 0 spiro atoms. The number of nitrogens with zero attached hydrogens (tertiary/aromatic N) is 2. The maximum absolute atomic E-state index is 12.0. The Morgan fingerprint density at radius 3 is 3.10 bits per heavy atom. The number of ether oxygens (including phenoxy) is 2. The first-order chi connectivity index (χ1) is 10.2. The van der Waals surface area contributed by atoms with Gasteiger partial charge in [-0.3, -0.25) is 4.79 Å². The Balaban J connectivity index is 1.69. The zero-order chi connectivity index (χ0) is 14.7. The summed E-state index contributed by atoms with van der Waals surface area (Å²) in [6.07, 6.45) is 3.50. The monoisotopic (exact) mass is 309 g/mol. The zero-order valence-electron chi connectivity index (χ0n) is 10.9. The van der Waals surface area contributed by atoms with E-state index in [9.17, 15) is 4.79 Å². The van der Waals surface area contributed by atoms with Crippen molar-refractivity contribution in [2.45, 2.75) is 12.5 Å². The Hall–Kier alpha value is -2.12. The van der Waals surface area contributed by atoms with Gasteiger partial charge in [0.1, 0.15) is 17.4 Å². The molecular weight excluding hydrogens is 298 g/mol. The van der Waals surface area contributed by atoms with E-state index >= 15 is 0 Å². The van der Waals surface area contributed by atoms with Crippen LogP contribution < -0.4 is 10.1 Å². The van der Waals surface area contributed by atoms with Gasteiger partial charge in [0.15, 0.2) is 5.82 Å². The van der Waals surface area contributed by atoms with Gasteiger partial charge in [-0.15, -0.1) is 0 Å². The van der Waals surface area contributed by atoms with Crippen LogP contribution in [-0.4, -0.2) is 35.4 Å². The summed E-state index contributed by atoms with van der Waals surface area (Å²) >= 11 is 6.09. The summed E-state index contributed by atoms with van der Waals surface area (Å²) in [6, 6.07) is 3.03. The van der Waals surface area contributed by atoms with Crippen molar-refractivity contribution in [3.05, 3.63) is 35.2 Å². The number of hydrogen-bond acceptors (Lipinski definition) is 6. The van der Waals surface area contributed by atoms with Crippen molar-refractivity contribution in [3.8, 4) is 5.88 Å². The molecule has 0 aliphatic carbocycles. The molecule has 1 amide bonds. The van der Waals surface area contributed by atoms with E-state index in [1.807, 2.05) is 0 Å². The minimum absolute atomic E-state index is 0.0511. The molecule has 1 aliphatic heterocycles. The number of pyridine rings is 1. The molecule has 1 saturated heterocycles. The highest BCUT2D eigenvalue weighted by Gasteiger charge is 2.20. The molecule has 0 aromatic carbocycles. The fourth-order valence-electron chi connectivity index (χ4n) is 1.87. The molecule has 1 fully saturated rings. The van der Waals surface area contributed by atoms with Gasteiger partial charge in [-0.05, 0) is 6.07 Å². The second-order valence-corrected chi connectivity index (χ2v) is 4.86. The average Bonchev–Trinajstić information content (AvgIpc) is 3.14. The molecule has 0 bridgehead atoms. The number of carbonyl (C=O) groups excluding carboxylic acids is 1. The number of aromatic nitrogens is 2. The van der Waals surface area contributed by atoms with Gasteiger partial charge in [-0.2, -0.15) is 0 Å². The van der Waals surface area contributed by atoms with Gasteiger partial charge in [0.2, 0.25) is 5.88 Å². The van der Waals surface area contributed by atoms with Crippen LogP contribution in [0.1, 0.15) is 16.8 Å². The van der Waals surface area contributed by atoms with Crippen molar-refractivity contribution in [3.63, 3.8) is 0 Å². The number of nitrogens with one attached hydrogen (secondary N) is 1. The molecule has 1 atom stereocenters. The molecule has 3 heterocycles. The highest BCUT2D eigenvalue weighted by molar-refractivity contribution is 6.32. The molecule has 8 heteroatoms. The van der Waals surface area contributed by atoms with Crippen LogP contribution in [0.4, 0.5) is 5.82 Å². The van der Waals surface area contributed by atoms with Gasteiger partial charge >= 0.3 is 0 Å². The Kier molecular flexibility index (Phi) is 4.03. The Morgan fingerprint density at radius 2 is 2.43 bits per heavy atom. The highest BCUT2D eigenvalue weighted by Crippen LogP contribution is 2.25. The van der Waals surface area contributed by atoms with Gasteiger partial charge in [0.05, 0.1) is 18.8 Å². The third-order valence-corrected chi connectivity index (χ3v) is 3.19. The van der Waals surface area contributed by atoms with Crippen molar-refractivity contribution in [2.75, 3.05) is 18.5 Å². The van der Waals surface area contributed by atoms with Crippen LogP contribution in [0.25, 0.3) is 0 Å². The van der Waals surface area contributed by atoms with E-state index in [4.69, 9.17) is 21.1 Å². The number of anilines is 1. The summed E-state index contributed by atoms with van der Waals surface area (Å²) in [5.41, 5.74) is 0.304. The van der Waals surface area contributed by atoms with E-state index < -0.39 is 0 Å². The standard InChI is InChI=1S/C13H12ClN3O4/c14-10-5-8(12(18)16-11-2-4-20-17-11)6-15-13(10)21-9-1-3-19-7-9/h2,4-6,9H,1,3,7H2,(H,16,17,18). The molecule has 1 unspecified atom stereocenters. The molecule has 2 aromatic heterocycles. The average molecular weight is 310 g/mol. The molecule has 7 nitrogen and oxygen atoms in total. The minimum atomic E-state index is -0.381. The first-order valence-corrected chi connectivity index (χ1v) is 6.72. The highest BCUT2D eigenvalue weighted by atomic mass is 35.5. The Bertz CT molecular complexity index is 626. The zero-order valence-corrected chi connectivity index (χ0v) is 11.7. The summed E-state index contributed by atoms with van der Waals surface area (Å²) in [5, 5.41) is 6.42. The minimum Gasteiger partial charge on any atom is -0.471 e. The molecule has 3 rings (SSSR count). The van der Waals surface area contributed by atoms with Gasteiger partial charge < -0.3 is 19.3 Å². The van der Waals surface area contributed by atoms with E-state index in [2.05, 4.69) is 20.0 Å². The third-order valence-electron chi connectivity index (χ3n) is 2.92. The molecule has 0 saturated carbocycles. The van der Waals surface area contributed by atoms with E-state index in [1.165, 1.54) is 24.6 Å². The normalized spacial score (nSPS) is 17.7. The number of rotatable bonds is 4. The van der Waals surface area contributed by atoms with Gasteiger partial charge in [0.25, 0.3) is 5.91 Å². The van der Waals surface area contributed by atoms with Gasteiger partial charge in [-0.25, -0.2) is 4.98 Å². The summed E-state index contributed by atoms with van der Waals surface area (Å²) in [5.74, 6) is 0.235. The van der Waals surface area contributed by atoms with Gasteiger partial charge in [0, 0.05) is 18.7 Å². The Labute approximate surface area is 125 Å². The maximum atomic E-state index is 12.0.